The number of aromatic amines is 1. The molecular formula is C13H15FN2O5. The molecule has 2 heterocycles. The molecule has 0 bridgehead atoms. The molecule has 21 heavy (non-hydrogen) atoms. The summed E-state index contributed by atoms with van der Waals surface area (Å²) in [5.74, 6) is -1.93. The quantitative estimate of drug-likeness (QED) is 0.729. The average molecular weight is 298 g/mol. The van der Waals surface area contributed by atoms with E-state index in [0.29, 0.717) is 5.57 Å². The SMILES string of the molecule is CC1(C)O[C@@H]2[C@H](O1)C(CO)=C[C@H]2n1cc(F)c(=O)[nH]c1=O. The number of rotatable bonds is 2. The summed E-state index contributed by atoms with van der Waals surface area (Å²) in [4.78, 5) is 24.9. The lowest BCUT2D eigenvalue weighted by molar-refractivity contribution is -0.148. The van der Waals surface area contributed by atoms with Gasteiger partial charge in [0.2, 0.25) is 5.82 Å². The molecule has 2 N–H and O–H groups in total. The zero-order valence-corrected chi connectivity index (χ0v) is 11.5. The molecule has 1 aromatic rings. The Morgan fingerprint density at radius 1 is 1.43 bits per heavy atom. The Labute approximate surface area is 118 Å². The lowest BCUT2D eigenvalue weighted by Gasteiger charge is -2.21. The van der Waals surface area contributed by atoms with Gasteiger partial charge in [-0.2, -0.15) is 4.39 Å². The van der Waals surface area contributed by atoms with E-state index in [4.69, 9.17) is 9.47 Å². The molecule has 0 saturated carbocycles. The van der Waals surface area contributed by atoms with Crippen molar-refractivity contribution < 1.29 is 19.0 Å². The molecule has 0 radical (unpaired) electrons. The van der Waals surface area contributed by atoms with Crippen LogP contribution in [0.4, 0.5) is 4.39 Å². The second-order valence-electron chi connectivity index (χ2n) is 5.55. The van der Waals surface area contributed by atoms with Crippen molar-refractivity contribution in [1.29, 1.82) is 0 Å². The molecule has 0 unspecified atom stereocenters. The summed E-state index contributed by atoms with van der Waals surface area (Å²) in [6.45, 7) is 3.18. The van der Waals surface area contributed by atoms with Gasteiger partial charge in [-0.25, -0.2) is 4.79 Å². The van der Waals surface area contributed by atoms with Crippen LogP contribution in [0.3, 0.4) is 0 Å². The lowest BCUT2D eigenvalue weighted by Crippen LogP contribution is -2.38. The van der Waals surface area contributed by atoms with Gasteiger partial charge in [0.25, 0.3) is 5.56 Å². The molecule has 3 rings (SSSR count). The zero-order chi connectivity index (χ0) is 15.4. The normalized spacial score (nSPS) is 30.3. The van der Waals surface area contributed by atoms with Crippen molar-refractivity contribution in [3.05, 3.63) is 44.5 Å². The molecule has 1 saturated heterocycles. The number of H-pyrrole nitrogens is 1. The van der Waals surface area contributed by atoms with Gasteiger partial charge in [0.15, 0.2) is 5.79 Å². The maximum atomic E-state index is 13.4. The largest absolute Gasteiger partial charge is 0.392 e. The van der Waals surface area contributed by atoms with Crippen molar-refractivity contribution in [1.82, 2.24) is 9.55 Å². The molecule has 2 aliphatic rings. The van der Waals surface area contributed by atoms with Crippen LogP contribution in [0, 0.1) is 5.82 Å². The fraction of sp³-hybridized carbons (Fsp3) is 0.538. The van der Waals surface area contributed by atoms with E-state index in [-0.39, 0.29) is 6.61 Å². The molecule has 0 aromatic carbocycles. The summed E-state index contributed by atoms with van der Waals surface area (Å²) >= 11 is 0. The van der Waals surface area contributed by atoms with Crippen molar-refractivity contribution in [3.63, 3.8) is 0 Å². The third-order valence-corrected chi connectivity index (χ3v) is 3.64. The van der Waals surface area contributed by atoms with Crippen LogP contribution in [-0.2, 0) is 9.47 Å². The van der Waals surface area contributed by atoms with E-state index in [1.165, 1.54) is 0 Å². The predicted octanol–water partition coefficient (Wildman–Crippen LogP) is -0.331. The van der Waals surface area contributed by atoms with Crippen molar-refractivity contribution >= 4 is 0 Å². The van der Waals surface area contributed by atoms with Crippen molar-refractivity contribution in [2.24, 2.45) is 0 Å². The minimum Gasteiger partial charge on any atom is -0.392 e. The van der Waals surface area contributed by atoms with Gasteiger partial charge in [-0.1, -0.05) is 6.08 Å². The molecule has 1 aliphatic heterocycles. The number of halogens is 1. The molecular weight excluding hydrogens is 283 g/mol. The molecule has 3 atom stereocenters. The molecule has 1 fully saturated rings. The van der Waals surface area contributed by atoms with Gasteiger partial charge in [0.1, 0.15) is 12.2 Å². The Hall–Kier alpha value is -1.77. The number of fused-ring (bicyclic) bond motifs is 1. The summed E-state index contributed by atoms with van der Waals surface area (Å²) < 4.78 is 25.9. The number of hydrogen-bond donors (Lipinski definition) is 2. The van der Waals surface area contributed by atoms with Crippen LogP contribution in [0.2, 0.25) is 0 Å². The summed E-state index contributed by atoms with van der Waals surface area (Å²) in [5.41, 5.74) is -1.25. The highest BCUT2D eigenvalue weighted by atomic mass is 19.1. The van der Waals surface area contributed by atoms with Gasteiger partial charge < -0.3 is 14.6 Å². The molecule has 0 amide bonds. The van der Waals surface area contributed by atoms with E-state index in [1.54, 1.807) is 19.9 Å². The van der Waals surface area contributed by atoms with Crippen LogP contribution >= 0.6 is 0 Å². The third kappa shape index (κ3) is 2.25. The van der Waals surface area contributed by atoms with E-state index >= 15 is 0 Å². The fourth-order valence-corrected chi connectivity index (χ4v) is 2.80. The molecule has 114 valence electrons. The summed E-state index contributed by atoms with van der Waals surface area (Å²) in [7, 11) is 0. The van der Waals surface area contributed by atoms with Crippen LogP contribution < -0.4 is 11.2 Å². The third-order valence-electron chi connectivity index (χ3n) is 3.64. The Morgan fingerprint density at radius 2 is 2.14 bits per heavy atom. The second kappa shape index (κ2) is 4.62. The summed E-state index contributed by atoms with van der Waals surface area (Å²) in [6, 6.07) is -0.655. The van der Waals surface area contributed by atoms with Crippen molar-refractivity contribution in [2.45, 2.75) is 37.9 Å². The molecule has 1 aromatic heterocycles. The number of ether oxygens (including phenoxy) is 2. The number of hydrogen-bond acceptors (Lipinski definition) is 5. The van der Waals surface area contributed by atoms with E-state index in [9.17, 15) is 19.1 Å². The topological polar surface area (TPSA) is 93.5 Å². The first-order chi connectivity index (χ1) is 9.82. The minimum atomic E-state index is -1.07. The van der Waals surface area contributed by atoms with Gasteiger partial charge in [0, 0.05) is 0 Å². The van der Waals surface area contributed by atoms with Crippen LogP contribution in [0.5, 0.6) is 0 Å². The second-order valence-corrected chi connectivity index (χ2v) is 5.55. The first-order valence-electron chi connectivity index (χ1n) is 6.50. The van der Waals surface area contributed by atoms with E-state index in [0.717, 1.165) is 10.8 Å². The van der Waals surface area contributed by atoms with Gasteiger partial charge in [0.05, 0.1) is 18.8 Å². The maximum Gasteiger partial charge on any atom is 0.329 e. The molecule has 7 nitrogen and oxygen atoms in total. The Bertz CT molecular complexity index is 720. The molecule has 1 aliphatic carbocycles. The summed E-state index contributed by atoms with van der Waals surface area (Å²) in [5, 5.41) is 9.39. The van der Waals surface area contributed by atoms with E-state index in [1.807, 2.05) is 4.98 Å². The number of aliphatic hydroxyl groups is 1. The zero-order valence-electron chi connectivity index (χ0n) is 11.5. The Morgan fingerprint density at radius 3 is 2.81 bits per heavy atom. The highest BCUT2D eigenvalue weighted by Gasteiger charge is 2.50. The first kappa shape index (κ1) is 14.2. The maximum absolute atomic E-state index is 13.4. The lowest BCUT2D eigenvalue weighted by atomic mass is 10.1. The van der Waals surface area contributed by atoms with Gasteiger partial charge in [-0.05, 0) is 19.4 Å². The van der Waals surface area contributed by atoms with Crippen LogP contribution in [0.1, 0.15) is 19.9 Å². The fourth-order valence-electron chi connectivity index (χ4n) is 2.80. The summed E-state index contributed by atoms with van der Waals surface area (Å²) in [6.07, 6.45) is 1.38. The Kier molecular flexibility index (Phi) is 3.12. The standard InChI is InChI=1S/C13H15FN2O5/c1-13(2)20-9-6(5-17)3-8(10(9)21-13)16-4-7(14)11(18)15-12(16)19/h3-4,8-10,17H,5H2,1-2H3,(H,15,18,19)/t8-,9-,10+/m1/s1. The van der Waals surface area contributed by atoms with Gasteiger partial charge >= 0.3 is 5.69 Å². The van der Waals surface area contributed by atoms with E-state index in [2.05, 4.69) is 0 Å². The van der Waals surface area contributed by atoms with Crippen LogP contribution in [-0.4, -0.2) is 39.3 Å². The number of aliphatic hydroxyl groups excluding tert-OH is 1. The number of aromatic nitrogens is 2. The van der Waals surface area contributed by atoms with E-state index < -0.39 is 41.1 Å². The molecule has 0 spiro atoms. The highest BCUT2D eigenvalue weighted by Crippen LogP contribution is 2.42. The first-order valence-corrected chi connectivity index (χ1v) is 6.50. The minimum absolute atomic E-state index is 0.252. The molecule has 8 heteroatoms. The predicted molar refractivity (Wildman–Crippen MR) is 69.3 cm³/mol. The smallest absolute Gasteiger partial charge is 0.329 e. The van der Waals surface area contributed by atoms with Crippen molar-refractivity contribution in [3.8, 4) is 0 Å². The average Bonchev–Trinajstić information content (AvgIpc) is 2.87. The Balaban J connectivity index is 2.07. The monoisotopic (exact) mass is 298 g/mol. The van der Waals surface area contributed by atoms with Crippen LogP contribution in [0.15, 0.2) is 27.4 Å². The van der Waals surface area contributed by atoms with Crippen LogP contribution in [0.25, 0.3) is 0 Å². The highest BCUT2D eigenvalue weighted by molar-refractivity contribution is 5.26. The number of nitrogens with one attached hydrogen (secondary N) is 1. The van der Waals surface area contributed by atoms with Gasteiger partial charge in [-0.15, -0.1) is 0 Å². The van der Waals surface area contributed by atoms with Crippen molar-refractivity contribution in [2.75, 3.05) is 6.61 Å². The van der Waals surface area contributed by atoms with Gasteiger partial charge in [-0.3, -0.25) is 14.3 Å². The number of nitrogens with zero attached hydrogens (tertiary/aromatic N) is 1.